The Morgan fingerprint density at radius 1 is 1.33 bits per heavy atom. The highest BCUT2D eigenvalue weighted by molar-refractivity contribution is 5.93. The first-order valence-corrected chi connectivity index (χ1v) is 8.44. The van der Waals surface area contributed by atoms with E-state index in [0.717, 1.165) is 11.0 Å². The molecule has 1 rings (SSSR count). The van der Waals surface area contributed by atoms with Crippen molar-refractivity contribution in [1.82, 2.24) is 10.2 Å². The zero-order valence-electron chi connectivity index (χ0n) is 16.0. The smallest absolute Gasteiger partial charge is 0.373 e. The Balaban J connectivity index is 2.81. The van der Waals surface area contributed by atoms with Crippen molar-refractivity contribution < 1.29 is 23.5 Å². The number of esters is 1. The van der Waals surface area contributed by atoms with E-state index in [4.69, 9.17) is 10.5 Å². The SMILES string of the molecule is CNC(=O)C(Cc1ccccc1F)N(C)C(=O)OC(=O)C=CCC(C)(C)N. The quantitative estimate of drug-likeness (QED) is 0.427. The van der Waals surface area contributed by atoms with Gasteiger partial charge in [0.25, 0.3) is 0 Å². The molecule has 1 atom stereocenters. The van der Waals surface area contributed by atoms with Crippen molar-refractivity contribution in [2.45, 2.75) is 38.3 Å². The lowest BCUT2D eigenvalue weighted by Crippen LogP contribution is -2.48. The summed E-state index contributed by atoms with van der Waals surface area (Å²) >= 11 is 0. The summed E-state index contributed by atoms with van der Waals surface area (Å²) in [5.41, 5.74) is 5.56. The fraction of sp³-hybridized carbons (Fsp3) is 0.421. The maximum atomic E-state index is 13.9. The first-order chi connectivity index (χ1) is 12.5. The van der Waals surface area contributed by atoms with E-state index in [1.165, 1.54) is 38.4 Å². The second kappa shape index (κ2) is 9.82. The van der Waals surface area contributed by atoms with Gasteiger partial charge in [0.05, 0.1) is 0 Å². The summed E-state index contributed by atoms with van der Waals surface area (Å²) in [7, 11) is 2.71. The third-order valence-corrected chi connectivity index (χ3v) is 3.76. The molecule has 0 saturated heterocycles. The van der Waals surface area contributed by atoms with E-state index in [0.29, 0.717) is 6.42 Å². The van der Waals surface area contributed by atoms with E-state index in [2.05, 4.69) is 5.32 Å². The van der Waals surface area contributed by atoms with Crippen molar-refractivity contribution in [3.05, 3.63) is 47.8 Å². The molecule has 0 aromatic heterocycles. The highest BCUT2D eigenvalue weighted by Crippen LogP contribution is 2.13. The number of benzene rings is 1. The fourth-order valence-corrected chi connectivity index (χ4v) is 2.22. The zero-order valence-corrected chi connectivity index (χ0v) is 16.0. The van der Waals surface area contributed by atoms with Crippen LogP contribution in [-0.2, 0) is 20.7 Å². The number of amides is 2. The second-order valence-electron chi connectivity index (χ2n) is 6.82. The van der Waals surface area contributed by atoms with Crippen LogP contribution in [0.1, 0.15) is 25.8 Å². The van der Waals surface area contributed by atoms with Crippen LogP contribution in [0.15, 0.2) is 36.4 Å². The van der Waals surface area contributed by atoms with Gasteiger partial charge in [0.15, 0.2) is 0 Å². The van der Waals surface area contributed by atoms with Crippen LogP contribution in [0.4, 0.5) is 9.18 Å². The summed E-state index contributed by atoms with van der Waals surface area (Å²) < 4.78 is 18.6. The zero-order chi connectivity index (χ0) is 20.6. The molecular formula is C19H26FN3O4. The van der Waals surface area contributed by atoms with Crippen molar-refractivity contribution in [3.8, 4) is 0 Å². The molecule has 0 bridgehead atoms. The molecule has 148 valence electrons. The van der Waals surface area contributed by atoms with Crippen molar-refractivity contribution in [2.24, 2.45) is 5.73 Å². The summed E-state index contributed by atoms with van der Waals surface area (Å²) in [4.78, 5) is 37.1. The Morgan fingerprint density at radius 2 is 1.96 bits per heavy atom. The van der Waals surface area contributed by atoms with Gasteiger partial charge in [-0.3, -0.25) is 9.69 Å². The van der Waals surface area contributed by atoms with E-state index < -0.39 is 35.4 Å². The van der Waals surface area contributed by atoms with Crippen LogP contribution >= 0.6 is 0 Å². The van der Waals surface area contributed by atoms with Gasteiger partial charge in [0.2, 0.25) is 5.91 Å². The standard InChI is InChI=1S/C19H26FN3O4/c1-19(2,21)11-7-10-16(24)27-18(26)23(4)15(17(25)22-3)12-13-8-5-6-9-14(13)20/h5-10,15H,11-12,21H2,1-4H3,(H,22,25). The molecule has 27 heavy (non-hydrogen) atoms. The van der Waals surface area contributed by atoms with Gasteiger partial charge in [-0.15, -0.1) is 0 Å². The molecule has 1 aromatic rings. The van der Waals surface area contributed by atoms with Crippen LogP contribution in [0, 0.1) is 5.82 Å². The van der Waals surface area contributed by atoms with Gasteiger partial charge in [-0.1, -0.05) is 24.3 Å². The van der Waals surface area contributed by atoms with Crippen LogP contribution < -0.4 is 11.1 Å². The second-order valence-corrected chi connectivity index (χ2v) is 6.82. The summed E-state index contributed by atoms with van der Waals surface area (Å²) in [6, 6.07) is 4.90. The van der Waals surface area contributed by atoms with Gasteiger partial charge in [0, 0.05) is 32.1 Å². The van der Waals surface area contributed by atoms with Crippen molar-refractivity contribution >= 4 is 18.0 Å². The summed E-state index contributed by atoms with van der Waals surface area (Å²) in [5.74, 6) is -1.88. The molecule has 0 heterocycles. The van der Waals surface area contributed by atoms with E-state index in [1.54, 1.807) is 19.9 Å². The van der Waals surface area contributed by atoms with Crippen LogP contribution in [0.5, 0.6) is 0 Å². The highest BCUT2D eigenvalue weighted by Gasteiger charge is 2.29. The largest absolute Gasteiger partial charge is 0.418 e. The fourth-order valence-electron chi connectivity index (χ4n) is 2.22. The number of nitrogens with two attached hydrogens (primary N) is 1. The highest BCUT2D eigenvalue weighted by atomic mass is 19.1. The predicted octanol–water partition coefficient (Wildman–Crippen LogP) is 1.76. The van der Waals surface area contributed by atoms with Crippen LogP contribution in [0.25, 0.3) is 0 Å². The van der Waals surface area contributed by atoms with Gasteiger partial charge in [-0.2, -0.15) is 0 Å². The lowest BCUT2D eigenvalue weighted by Gasteiger charge is -2.25. The molecule has 0 aliphatic rings. The Labute approximate surface area is 158 Å². The van der Waals surface area contributed by atoms with Gasteiger partial charge in [0.1, 0.15) is 11.9 Å². The molecule has 2 amide bonds. The third-order valence-electron chi connectivity index (χ3n) is 3.76. The average Bonchev–Trinajstić information content (AvgIpc) is 2.58. The summed E-state index contributed by atoms with van der Waals surface area (Å²) in [6.45, 7) is 3.58. The molecule has 0 aliphatic carbocycles. The molecule has 7 nitrogen and oxygen atoms in total. The first kappa shape index (κ1) is 22.3. The number of carbonyl (C=O) groups is 3. The number of rotatable bonds is 7. The molecule has 0 radical (unpaired) electrons. The minimum Gasteiger partial charge on any atom is -0.373 e. The molecule has 0 saturated carbocycles. The maximum absolute atomic E-state index is 13.9. The average molecular weight is 379 g/mol. The normalized spacial score (nSPS) is 12.5. The number of likely N-dealkylation sites (N-methyl/N-ethyl adjacent to an activating group) is 2. The Kier molecular flexibility index (Phi) is 8.11. The van der Waals surface area contributed by atoms with Gasteiger partial charge >= 0.3 is 12.1 Å². The number of nitrogens with zero attached hydrogens (tertiary/aromatic N) is 1. The van der Waals surface area contributed by atoms with Crippen LogP contribution in [0.2, 0.25) is 0 Å². The molecule has 0 spiro atoms. The molecule has 1 aromatic carbocycles. The molecule has 0 aliphatic heterocycles. The van der Waals surface area contributed by atoms with E-state index in [9.17, 15) is 18.8 Å². The van der Waals surface area contributed by atoms with Crippen LogP contribution in [-0.4, -0.2) is 48.5 Å². The number of hydrogen-bond acceptors (Lipinski definition) is 5. The number of halogens is 1. The monoisotopic (exact) mass is 379 g/mol. The topological polar surface area (TPSA) is 102 Å². The summed E-state index contributed by atoms with van der Waals surface area (Å²) in [5, 5.41) is 2.42. The third kappa shape index (κ3) is 7.57. The molecule has 8 heteroatoms. The Bertz CT molecular complexity index is 713. The number of hydrogen-bond donors (Lipinski definition) is 2. The van der Waals surface area contributed by atoms with Crippen molar-refractivity contribution in [1.29, 1.82) is 0 Å². The van der Waals surface area contributed by atoms with E-state index >= 15 is 0 Å². The number of nitrogens with one attached hydrogen (secondary N) is 1. The van der Waals surface area contributed by atoms with Crippen LogP contribution in [0.3, 0.4) is 0 Å². The van der Waals surface area contributed by atoms with Crippen molar-refractivity contribution in [3.63, 3.8) is 0 Å². The van der Waals surface area contributed by atoms with E-state index in [1.807, 2.05) is 0 Å². The lowest BCUT2D eigenvalue weighted by molar-refractivity contribution is -0.134. The van der Waals surface area contributed by atoms with Crippen molar-refractivity contribution in [2.75, 3.05) is 14.1 Å². The minimum absolute atomic E-state index is 0.0661. The molecule has 3 N–H and O–H groups in total. The van der Waals surface area contributed by atoms with Gasteiger partial charge < -0.3 is 15.8 Å². The molecular weight excluding hydrogens is 353 g/mol. The Hall–Kier alpha value is -2.74. The number of carbonyl (C=O) groups excluding carboxylic acids is 3. The predicted molar refractivity (Wildman–Crippen MR) is 99.2 cm³/mol. The van der Waals surface area contributed by atoms with Gasteiger partial charge in [-0.25, -0.2) is 14.0 Å². The molecule has 1 unspecified atom stereocenters. The van der Waals surface area contributed by atoms with E-state index in [-0.39, 0.29) is 12.0 Å². The maximum Gasteiger partial charge on any atom is 0.418 e. The number of ether oxygens (including phenoxy) is 1. The first-order valence-electron chi connectivity index (χ1n) is 8.44. The molecule has 0 fully saturated rings. The van der Waals surface area contributed by atoms with Gasteiger partial charge in [-0.05, 0) is 31.9 Å². The lowest BCUT2D eigenvalue weighted by atomic mass is 10.0. The Morgan fingerprint density at radius 3 is 2.52 bits per heavy atom. The minimum atomic E-state index is -1.04. The summed E-state index contributed by atoms with van der Waals surface area (Å²) in [6.07, 6.45) is 1.95.